The molecule has 0 spiro atoms. The van der Waals surface area contributed by atoms with Crippen LogP contribution in [0, 0.1) is 0 Å². The van der Waals surface area contributed by atoms with Crippen molar-refractivity contribution in [2.24, 2.45) is 0 Å². The molecule has 4 rings (SSSR count). The van der Waals surface area contributed by atoms with Crippen LogP contribution in [0.1, 0.15) is 46.3 Å². The smallest absolute Gasteiger partial charge is 0.356 e. The van der Waals surface area contributed by atoms with E-state index < -0.39 is 22.5 Å². The van der Waals surface area contributed by atoms with E-state index in [-0.39, 0.29) is 11.8 Å². The number of anilines is 1. The number of carbonyl (C=O) groups is 1. The molecule has 0 saturated carbocycles. The molecule has 1 aliphatic heterocycles. The van der Waals surface area contributed by atoms with Gasteiger partial charge in [-0.1, -0.05) is 31.2 Å². The Hall–Kier alpha value is -3.20. The highest BCUT2D eigenvalue weighted by molar-refractivity contribution is 7.85. The summed E-state index contributed by atoms with van der Waals surface area (Å²) in [4.78, 5) is 19.8. The van der Waals surface area contributed by atoms with Gasteiger partial charge >= 0.3 is 6.18 Å². The second-order valence-corrected chi connectivity index (χ2v) is 10.2. The van der Waals surface area contributed by atoms with Crippen molar-refractivity contribution >= 4 is 22.5 Å². The van der Waals surface area contributed by atoms with Gasteiger partial charge in [0.15, 0.2) is 0 Å². The van der Waals surface area contributed by atoms with Gasteiger partial charge in [-0.05, 0) is 53.9 Å². The Morgan fingerprint density at radius 3 is 2.40 bits per heavy atom. The number of pyridine rings is 1. The monoisotopic (exact) mass is 501 g/mol. The molecule has 1 aromatic heterocycles. The predicted octanol–water partition coefficient (Wildman–Crippen LogP) is 5.15. The second-order valence-electron chi connectivity index (χ2n) is 8.42. The van der Waals surface area contributed by atoms with E-state index in [1.807, 2.05) is 31.2 Å². The van der Waals surface area contributed by atoms with Crippen molar-refractivity contribution in [1.29, 1.82) is 0 Å². The van der Waals surface area contributed by atoms with Crippen LogP contribution in [-0.2, 0) is 23.5 Å². The van der Waals surface area contributed by atoms with Gasteiger partial charge in [0.2, 0.25) is 0 Å². The highest BCUT2D eigenvalue weighted by Gasteiger charge is 2.31. The lowest BCUT2D eigenvalue weighted by atomic mass is 9.97. The van der Waals surface area contributed by atoms with Crippen LogP contribution in [0.2, 0.25) is 0 Å². The molecule has 35 heavy (non-hydrogen) atoms. The molecule has 1 fully saturated rings. The van der Waals surface area contributed by atoms with Crippen molar-refractivity contribution in [1.82, 2.24) is 10.3 Å². The molecule has 184 valence electrons. The molecular formula is C26H26F3N3O2S. The van der Waals surface area contributed by atoms with E-state index in [0.717, 1.165) is 46.9 Å². The van der Waals surface area contributed by atoms with Gasteiger partial charge in [0.05, 0.1) is 21.9 Å². The van der Waals surface area contributed by atoms with E-state index in [0.29, 0.717) is 24.4 Å². The molecule has 2 atom stereocenters. The molecule has 2 aromatic carbocycles. The van der Waals surface area contributed by atoms with Crippen LogP contribution in [-0.4, -0.2) is 33.9 Å². The van der Waals surface area contributed by atoms with Crippen LogP contribution >= 0.6 is 0 Å². The van der Waals surface area contributed by atoms with Crippen LogP contribution in [0.3, 0.4) is 0 Å². The van der Waals surface area contributed by atoms with Crippen molar-refractivity contribution in [2.45, 2.75) is 36.9 Å². The van der Waals surface area contributed by atoms with E-state index >= 15 is 0 Å². The number of amides is 1. The number of rotatable bonds is 7. The van der Waals surface area contributed by atoms with Gasteiger partial charge < -0.3 is 10.2 Å². The standard InChI is InChI=1S/C26H26F3N3O2S/c1-2-35(34)23-10-3-18(4-11-23)15-31-25(33)20-7-12-24(30-16-20)32-14-13-21(17-32)19-5-8-22(9-6-19)26(27,28)29/h3-12,16,21H,2,13-15,17H2,1H3,(H,31,33). The number of carbonyl (C=O) groups excluding carboxylic acids is 1. The number of halogens is 3. The van der Waals surface area contributed by atoms with Crippen LogP contribution in [0.15, 0.2) is 71.8 Å². The van der Waals surface area contributed by atoms with E-state index in [2.05, 4.69) is 15.2 Å². The molecule has 0 aliphatic carbocycles. The molecule has 9 heteroatoms. The summed E-state index contributed by atoms with van der Waals surface area (Å²) < 4.78 is 50.2. The molecule has 0 radical (unpaired) electrons. The number of aromatic nitrogens is 1. The summed E-state index contributed by atoms with van der Waals surface area (Å²) in [5, 5.41) is 2.86. The van der Waals surface area contributed by atoms with Gasteiger partial charge in [-0.25, -0.2) is 4.98 Å². The van der Waals surface area contributed by atoms with Gasteiger partial charge in [-0.3, -0.25) is 9.00 Å². The summed E-state index contributed by atoms with van der Waals surface area (Å²) in [7, 11) is -1.00. The van der Waals surface area contributed by atoms with Crippen LogP contribution in [0.25, 0.3) is 0 Å². The fraction of sp³-hybridized carbons (Fsp3) is 0.308. The maximum atomic E-state index is 12.8. The minimum absolute atomic E-state index is 0.128. The lowest BCUT2D eigenvalue weighted by Gasteiger charge is -2.18. The topological polar surface area (TPSA) is 62.3 Å². The minimum Gasteiger partial charge on any atom is -0.356 e. The summed E-state index contributed by atoms with van der Waals surface area (Å²) >= 11 is 0. The van der Waals surface area contributed by atoms with Crippen LogP contribution in [0.5, 0.6) is 0 Å². The summed E-state index contributed by atoms with van der Waals surface area (Å²) in [5.41, 5.74) is 1.59. The maximum absolute atomic E-state index is 12.8. The molecule has 1 saturated heterocycles. The zero-order valence-corrected chi connectivity index (χ0v) is 20.0. The van der Waals surface area contributed by atoms with Crippen LogP contribution < -0.4 is 10.2 Å². The molecule has 0 bridgehead atoms. The number of hydrogen-bond acceptors (Lipinski definition) is 4. The van der Waals surface area contributed by atoms with Crippen molar-refractivity contribution in [3.05, 3.63) is 89.1 Å². The van der Waals surface area contributed by atoms with E-state index in [1.165, 1.54) is 6.20 Å². The Labute approximate surface area is 204 Å². The highest BCUT2D eigenvalue weighted by Crippen LogP contribution is 2.33. The van der Waals surface area contributed by atoms with Gasteiger partial charge in [0, 0.05) is 42.4 Å². The SMILES string of the molecule is CCS(=O)c1ccc(CNC(=O)c2ccc(N3CCC(c4ccc(C(F)(F)F)cc4)C3)nc2)cc1. The number of hydrogen-bond donors (Lipinski definition) is 1. The normalized spacial score (nSPS) is 16.8. The van der Waals surface area contributed by atoms with Gasteiger partial charge in [-0.15, -0.1) is 0 Å². The molecule has 2 unspecified atom stereocenters. The maximum Gasteiger partial charge on any atom is 0.416 e. The highest BCUT2D eigenvalue weighted by atomic mass is 32.2. The fourth-order valence-corrected chi connectivity index (χ4v) is 4.88. The largest absolute Gasteiger partial charge is 0.416 e. The number of nitrogens with one attached hydrogen (secondary N) is 1. The zero-order valence-electron chi connectivity index (χ0n) is 19.2. The number of benzene rings is 2. The van der Waals surface area contributed by atoms with Gasteiger partial charge in [0.1, 0.15) is 5.82 Å². The third-order valence-electron chi connectivity index (χ3n) is 6.13. The Morgan fingerprint density at radius 1 is 1.09 bits per heavy atom. The average Bonchev–Trinajstić information content (AvgIpc) is 3.37. The summed E-state index contributed by atoms with van der Waals surface area (Å²) in [5.74, 6) is 1.18. The summed E-state index contributed by atoms with van der Waals surface area (Å²) in [6.07, 6.45) is -1.98. The predicted molar refractivity (Wildman–Crippen MR) is 130 cm³/mol. The van der Waals surface area contributed by atoms with Crippen LogP contribution in [0.4, 0.5) is 19.0 Å². The first kappa shape index (κ1) is 24.9. The Morgan fingerprint density at radius 2 is 1.80 bits per heavy atom. The second kappa shape index (κ2) is 10.6. The van der Waals surface area contributed by atoms with E-state index in [4.69, 9.17) is 0 Å². The third kappa shape index (κ3) is 6.08. The van der Waals surface area contributed by atoms with E-state index in [1.54, 1.807) is 24.3 Å². The quantitative estimate of drug-likeness (QED) is 0.486. The molecule has 1 N–H and O–H groups in total. The van der Waals surface area contributed by atoms with Gasteiger partial charge in [0.25, 0.3) is 5.91 Å². The first-order valence-electron chi connectivity index (χ1n) is 11.4. The lowest BCUT2D eigenvalue weighted by Crippen LogP contribution is -2.24. The number of alkyl halides is 3. The Bertz CT molecular complexity index is 1180. The van der Waals surface area contributed by atoms with Gasteiger partial charge in [-0.2, -0.15) is 13.2 Å². The molecule has 2 heterocycles. The molecule has 1 aliphatic rings. The zero-order chi connectivity index (χ0) is 25.0. The molecule has 5 nitrogen and oxygen atoms in total. The Balaban J connectivity index is 1.31. The number of nitrogens with zero attached hydrogens (tertiary/aromatic N) is 2. The summed E-state index contributed by atoms with van der Waals surface area (Å²) in [6, 6.07) is 16.2. The third-order valence-corrected chi connectivity index (χ3v) is 7.46. The van der Waals surface area contributed by atoms with Crippen molar-refractivity contribution in [3.63, 3.8) is 0 Å². The molecule has 1 amide bonds. The fourth-order valence-electron chi connectivity index (χ4n) is 4.10. The minimum atomic E-state index is -4.33. The van der Waals surface area contributed by atoms with Crippen molar-refractivity contribution in [3.8, 4) is 0 Å². The summed E-state index contributed by atoms with van der Waals surface area (Å²) in [6.45, 7) is 3.61. The first-order chi connectivity index (χ1) is 16.7. The average molecular weight is 502 g/mol. The Kier molecular flexibility index (Phi) is 7.54. The molecule has 3 aromatic rings. The van der Waals surface area contributed by atoms with E-state index in [9.17, 15) is 22.2 Å². The lowest BCUT2D eigenvalue weighted by molar-refractivity contribution is -0.137. The van der Waals surface area contributed by atoms with Crippen molar-refractivity contribution in [2.75, 3.05) is 23.7 Å². The first-order valence-corrected chi connectivity index (χ1v) is 12.7. The van der Waals surface area contributed by atoms with Crippen molar-refractivity contribution < 1.29 is 22.2 Å². The molecular weight excluding hydrogens is 475 g/mol.